The number of aliphatic hydroxyl groups is 1. The lowest BCUT2D eigenvalue weighted by atomic mass is 10.3. The number of nitrogens with zero attached hydrogens (tertiary/aromatic N) is 2. The van der Waals surface area contributed by atoms with E-state index in [1.54, 1.807) is 18.2 Å². The van der Waals surface area contributed by atoms with Gasteiger partial charge < -0.3 is 14.9 Å². The predicted molar refractivity (Wildman–Crippen MR) is 73.0 cm³/mol. The molecule has 0 aromatic carbocycles. The summed E-state index contributed by atoms with van der Waals surface area (Å²) in [5.41, 5.74) is 0. The van der Waals surface area contributed by atoms with Gasteiger partial charge in [-0.05, 0) is 11.4 Å². The van der Waals surface area contributed by atoms with Crippen molar-refractivity contribution in [1.82, 2.24) is 9.80 Å². The maximum absolute atomic E-state index is 12.2. The van der Waals surface area contributed by atoms with Gasteiger partial charge >= 0.3 is 0 Å². The molecule has 1 N–H and O–H groups in total. The summed E-state index contributed by atoms with van der Waals surface area (Å²) in [6.07, 6.45) is 0.886. The zero-order chi connectivity index (χ0) is 13.8. The van der Waals surface area contributed by atoms with Crippen molar-refractivity contribution in [2.75, 3.05) is 26.2 Å². The van der Waals surface area contributed by atoms with Crippen molar-refractivity contribution in [3.05, 3.63) is 35.0 Å². The lowest BCUT2D eigenvalue weighted by molar-refractivity contribution is -0.130. The lowest BCUT2D eigenvalue weighted by Gasteiger charge is -2.20. The Bertz CT molecular complexity index is 472. The standard InChI is InChI=1S/C13H16N2O3S/c1-2-5-14-7-10(16)8-15(9-12(14)17)13(18)11-4-3-6-19-11/h2-4,6,10,16H,1,5,7-9H2. The van der Waals surface area contributed by atoms with E-state index in [2.05, 4.69) is 6.58 Å². The van der Waals surface area contributed by atoms with Crippen molar-refractivity contribution in [3.63, 3.8) is 0 Å². The second kappa shape index (κ2) is 5.99. The molecule has 1 aromatic heterocycles. The van der Waals surface area contributed by atoms with E-state index in [9.17, 15) is 14.7 Å². The molecule has 1 saturated heterocycles. The van der Waals surface area contributed by atoms with Crippen molar-refractivity contribution in [1.29, 1.82) is 0 Å². The molecule has 102 valence electrons. The summed E-state index contributed by atoms with van der Waals surface area (Å²) in [4.78, 5) is 27.7. The number of rotatable bonds is 3. The minimum absolute atomic E-state index is 0.00162. The summed E-state index contributed by atoms with van der Waals surface area (Å²) >= 11 is 1.33. The van der Waals surface area contributed by atoms with Crippen LogP contribution in [0.4, 0.5) is 0 Å². The van der Waals surface area contributed by atoms with Gasteiger partial charge in [-0.1, -0.05) is 12.1 Å². The van der Waals surface area contributed by atoms with E-state index in [4.69, 9.17) is 0 Å². The fraction of sp³-hybridized carbons (Fsp3) is 0.385. The van der Waals surface area contributed by atoms with E-state index in [1.165, 1.54) is 21.1 Å². The van der Waals surface area contributed by atoms with Crippen LogP contribution in [0.15, 0.2) is 30.2 Å². The fourth-order valence-electron chi connectivity index (χ4n) is 2.04. The number of hydrogen-bond donors (Lipinski definition) is 1. The van der Waals surface area contributed by atoms with Crippen molar-refractivity contribution < 1.29 is 14.7 Å². The van der Waals surface area contributed by atoms with Gasteiger partial charge in [-0.2, -0.15) is 0 Å². The first-order chi connectivity index (χ1) is 9.11. The molecule has 1 aliphatic heterocycles. The van der Waals surface area contributed by atoms with Crippen LogP contribution in [0.1, 0.15) is 9.67 Å². The van der Waals surface area contributed by atoms with E-state index < -0.39 is 6.10 Å². The monoisotopic (exact) mass is 280 g/mol. The van der Waals surface area contributed by atoms with Gasteiger partial charge in [0, 0.05) is 19.6 Å². The normalized spacial score (nSPS) is 20.3. The summed E-state index contributed by atoms with van der Waals surface area (Å²) < 4.78 is 0. The maximum Gasteiger partial charge on any atom is 0.264 e. The van der Waals surface area contributed by atoms with Crippen LogP contribution < -0.4 is 0 Å². The number of β-amino-alcohol motifs (C(OH)–C–C–N with tert-alkyl or cyclic N) is 1. The first-order valence-electron chi connectivity index (χ1n) is 6.01. The van der Waals surface area contributed by atoms with Crippen LogP contribution in [0.3, 0.4) is 0 Å². The van der Waals surface area contributed by atoms with Crippen LogP contribution in [-0.2, 0) is 4.79 Å². The molecule has 1 fully saturated rings. The summed E-state index contributed by atoms with van der Waals surface area (Å²) in [6, 6.07) is 3.51. The molecular weight excluding hydrogens is 264 g/mol. The van der Waals surface area contributed by atoms with Gasteiger partial charge in [-0.25, -0.2) is 0 Å². The molecule has 0 aliphatic carbocycles. The Hall–Kier alpha value is -1.66. The highest BCUT2D eigenvalue weighted by Gasteiger charge is 2.29. The number of carbonyl (C=O) groups excluding carboxylic acids is 2. The number of thiophene rings is 1. The van der Waals surface area contributed by atoms with Gasteiger partial charge in [0.25, 0.3) is 5.91 Å². The molecule has 5 nitrogen and oxygen atoms in total. The minimum atomic E-state index is -0.727. The van der Waals surface area contributed by atoms with Crippen molar-refractivity contribution in [2.24, 2.45) is 0 Å². The molecule has 1 atom stereocenters. The van der Waals surface area contributed by atoms with E-state index in [0.717, 1.165) is 0 Å². The van der Waals surface area contributed by atoms with Crippen LogP contribution in [0, 0.1) is 0 Å². The summed E-state index contributed by atoms with van der Waals surface area (Å²) in [7, 11) is 0. The maximum atomic E-state index is 12.2. The van der Waals surface area contributed by atoms with Crippen LogP contribution in [0.5, 0.6) is 0 Å². The number of carbonyl (C=O) groups is 2. The van der Waals surface area contributed by atoms with Gasteiger partial charge in [0.05, 0.1) is 11.0 Å². The Morgan fingerprint density at radius 1 is 1.58 bits per heavy atom. The zero-order valence-electron chi connectivity index (χ0n) is 10.5. The summed E-state index contributed by atoms with van der Waals surface area (Å²) in [5.74, 6) is -0.371. The summed E-state index contributed by atoms with van der Waals surface area (Å²) in [6.45, 7) is 4.38. The van der Waals surface area contributed by atoms with Gasteiger partial charge in [0.2, 0.25) is 5.91 Å². The second-order valence-electron chi connectivity index (χ2n) is 4.40. The first kappa shape index (κ1) is 13.8. The Balaban J connectivity index is 2.12. The van der Waals surface area contributed by atoms with Crippen molar-refractivity contribution in [2.45, 2.75) is 6.10 Å². The average Bonchev–Trinajstić information content (AvgIpc) is 2.85. The molecule has 0 bridgehead atoms. The number of aliphatic hydroxyl groups excluding tert-OH is 1. The van der Waals surface area contributed by atoms with Crippen LogP contribution >= 0.6 is 11.3 Å². The molecular formula is C13H16N2O3S. The molecule has 6 heteroatoms. The van der Waals surface area contributed by atoms with Gasteiger partial charge in [0.15, 0.2) is 0 Å². The third-order valence-corrected chi connectivity index (χ3v) is 3.77. The zero-order valence-corrected chi connectivity index (χ0v) is 11.3. The third-order valence-electron chi connectivity index (χ3n) is 2.91. The molecule has 2 rings (SSSR count). The summed E-state index contributed by atoms with van der Waals surface area (Å²) in [5, 5.41) is 11.7. The lowest BCUT2D eigenvalue weighted by Crippen LogP contribution is -2.39. The smallest absolute Gasteiger partial charge is 0.264 e. The molecule has 2 amide bonds. The number of hydrogen-bond acceptors (Lipinski definition) is 4. The largest absolute Gasteiger partial charge is 0.389 e. The van der Waals surface area contributed by atoms with Crippen LogP contribution in [0.2, 0.25) is 0 Å². The number of amides is 2. The average molecular weight is 280 g/mol. The molecule has 1 unspecified atom stereocenters. The van der Waals surface area contributed by atoms with E-state index in [0.29, 0.717) is 11.4 Å². The highest BCUT2D eigenvalue weighted by Crippen LogP contribution is 2.14. The van der Waals surface area contributed by atoms with E-state index in [-0.39, 0.29) is 31.4 Å². The molecule has 1 aliphatic rings. The first-order valence-corrected chi connectivity index (χ1v) is 6.89. The minimum Gasteiger partial charge on any atom is -0.389 e. The molecule has 1 aromatic rings. The molecule has 2 heterocycles. The van der Waals surface area contributed by atoms with Gasteiger partial charge in [0.1, 0.15) is 6.54 Å². The van der Waals surface area contributed by atoms with Crippen LogP contribution in [-0.4, -0.2) is 59.0 Å². The molecule has 0 saturated carbocycles. The molecule has 0 spiro atoms. The van der Waals surface area contributed by atoms with E-state index >= 15 is 0 Å². The third kappa shape index (κ3) is 3.21. The SMILES string of the molecule is C=CCN1CC(O)CN(C(=O)c2cccs2)CC1=O. The highest BCUT2D eigenvalue weighted by molar-refractivity contribution is 7.12. The van der Waals surface area contributed by atoms with Gasteiger partial charge in [-0.3, -0.25) is 9.59 Å². The van der Waals surface area contributed by atoms with Crippen molar-refractivity contribution in [3.8, 4) is 0 Å². The second-order valence-corrected chi connectivity index (χ2v) is 5.35. The Morgan fingerprint density at radius 3 is 3.00 bits per heavy atom. The quantitative estimate of drug-likeness (QED) is 0.824. The van der Waals surface area contributed by atoms with Gasteiger partial charge in [-0.15, -0.1) is 17.9 Å². The Kier molecular flexibility index (Phi) is 4.34. The molecule has 19 heavy (non-hydrogen) atoms. The Labute approximate surface area is 115 Å². The van der Waals surface area contributed by atoms with Crippen LogP contribution in [0.25, 0.3) is 0 Å². The van der Waals surface area contributed by atoms with Crippen molar-refractivity contribution >= 4 is 23.2 Å². The van der Waals surface area contributed by atoms with E-state index in [1.807, 2.05) is 5.38 Å². The Morgan fingerprint density at radius 2 is 2.37 bits per heavy atom. The predicted octanol–water partition coefficient (Wildman–Crippen LogP) is 0.579. The highest BCUT2D eigenvalue weighted by atomic mass is 32.1. The topological polar surface area (TPSA) is 60.9 Å². The molecule has 0 radical (unpaired) electrons. The fourth-order valence-corrected chi connectivity index (χ4v) is 2.73.